The molecular weight excluding hydrogens is 268 g/mol. The van der Waals surface area contributed by atoms with E-state index in [-0.39, 0.29) is 5.91 Å². The summed E-state index contributed by atoms with van der Waals surface area (Å²) in [5.41, 5.74) is 7.83. The van der Waals surface area contributed by atoms with Crippen LogP contribution in [0.4, 0.5) is 11.4 Å². The first-order valence-electron chi connectivity index (χ1n) is 6.94. The van der Waals surface area contributed by atoms with Gasteiger partial charge in [0.25, 0.3) is 5.91 Å². The lowest BCUT2D eigenvalue weighted by Crippen LogP contribution is -2.22. The molecule has 1 amide bonds. The van der Waals surface area contributed by atoms with Crippen molar-refractivity contribution in [3.63, 3.8) is 0 Å². The molecule has 2 aromatic rings. The van der Waals surface area contributed by atoms with Crippen molar-refractivity contribution in [2.24, 2.45) is 0 Å². The number of carbonyl (C=O) groups is 1. The number of hydrogen-bond acceptors (Lipinski definition) is 5. The first-order valence-corrected chi connectivity index (χ1v) is 6.94. The molecule has 0 unspecified atom stereocenters. The van der Waals surface area contributed by atoms with E-state index in [2.05, 4.69) is 20.8 Å². The van der Waals surface area contributed by atoms with Gasteiger partial charge in [-0.1, -0.05) is 0 Å². The molecule has 0 fully saturated rings. The molecule has 0 bridgehead atoms. The second kappa shape index (κ2) is 6.74. The second-order valence-corrected chi connectivity index (χ2v) is 4.55. The quantitative estimate of drug-likeness (QED) is 0.695. The summed E-state index contributed by atoms with van der Waals surface area (Å²) in [4.78, 5) is 11.7. The zero-order valence-electron chi connectivity index (χ0n) is 12.3. The van der Waals surface area contributed by atoms with Crippen LogP contribution in [0.1, 0.15) is 30.0 Å². The fourth-order valence-corrected chi connectivity index (χ4v) is 1.98. The lowest BCUT2D eigenvalue weighted by molar-refractivity contribution is 0.0956. The van der Waals surface area contributed by atoms with Gasteiger partial charge in [-0.25, -0.2) is 0 Å². The number of hydrogen-bond donors (Lipinski definition) is 3. The maximum atomic E-state index is 11.7. The molecule has 0 aliphatic carbocycles. The van der Waals surface area contributed by atoms with Gasteiger partial charge in [-0.05, 0) is 32.0 Å². The number of benzene rings is 1. The van der Waals surface area contributed by atoms with Gasteiger partial charge in [-0.3, -0.25) is 4.79 Å². The SMILES string of the molecule is CCNC(=O)c1ccc(NCc2nncn2CC)c(N)c1. The highest BCUT2D eigenvalue weighted by Gasteiger charge is 2.08. The minimum absolute atomic E-state index is 0.124. The molecule has 2 rings (SSSR count). The van der Waals surface area contributed by atoms with Gasteiger partial charge in [0, 0.05) is 18.7 Å². The Balaban J connectivity index is 2.06. The molecule has 21 heavy (non-hydrogen) atoms. The van der Waals surface area contributed by atoms with E-state index in [9.17, 15) is 4.79 Å². The third kappa shape index (κ3) is 3.50. The fraction of sp³-hybridized carbons (Fsp3) is 0.357. The van der Waals surface area contributed by atoms with Gasteiger partial charge in [0.15, 0.2) is 5.82 Å². The van der Waals surface area contributed by atoms with Gasteiger partial charge in [-0.15, -0.1) is 10.2 Å². The number of amides is 1. The highest BCUT2D eigenvalue weighted by Crippen LogP contribution is 2.20. The first kappa shape index (κ1) is 14.8. The van der Waals surface area contributed by atoms with Crippen molar-refractivity contribution in [2.45, 2.75) is 26.9 Å². The molecule has 0 spiro atoms. The molecule has 0 aliphatic heterocycles. The molecule has 1 heterocycles. The Labute approximate surface area is 123 Å². The summed E-state index contributed by atoms with van der Waals surface area (Å²) in [5, 5.41) is 13.9. The van der Waals surface area contributed by atoms with Crippen LogP contribution in [0, 0.1) is 0 Å². The molecule has 0 radical (unpaired) electrons. The van der Waals surface area contributed by atoms with Crippen molar-refractivity contribution in [1.82, 2.24) is 20.1 Å². The van der Waals surface area contributed by atoms with Crippen molar-refractivity contribution in [1.29, 1.82) is 0 Å². The Morgan fingerprint density at radius 3 is 2.86 bits per heavy atom. The Bertz CT molecular complexity index is 622. The van der Waals surface area contributed by atoms with E-state index in [4.69, 9.17) is 5.73 Å². The van der Waals surface area contributed by atoms with Gasteiger partial charge in [0.2, 0.25) is 0 Å². The maximum Gasteiger partial charge on any atom is 0.251 e. The van der Waals surface area contributed by atoms with E-state index < -0.39 is 0 Å². The van der Waals surface area contributed by atoms with Crippen LogP contribution in [0.2, 0.25) is 0 Å². The molecule has 0 saturated carbocycles. The maximum absolute atomic E-state index is 11.7. The number of nitrogens with two attached hydrogens (primary N) is 1. The minimum Gasteiger partial charge on any atom is -0.397 e. The van der Waals surface area contributed by atoms with Crippen LogP contribution >= 0.6 is 0 Å². The molecule has 1 aromatic heterocycles. The Kier molecular flexibility index (Phi) is 4.76. The van der Waals surface area contributed by atoms with E-state index in [1.807, 2.05) is 18.4 Å². The van der Waals surface area contributed by atoms with Crippen molar-refractivity contribution < 1.29 is 4.79 Å². The monoisotopic (exact) mass is 288 g/mol. The standard InChI is InChI=1S/C14H20N6O/c1-3-16-14(21)10-5-6-12(11(15)7-10)17-8-13-19-18-9-20(13)4-2/h5-7,9,17H,3-4,8,15H2,1-2H3,(H,16,21). The lowest BCUT2D eigenvalue weighted by atomic mass is 10.1. The Hall–Kier alpha value is -2.57. The van der Waals surface area contributed by atoms with Gasteiger partial charge in [-0.2, -0.15) is 0 Å². The van der Waals surface area contributed by atoms with Gasteiger partial charge in [0.1, 0.15) is 6.33 Å². The van der Waals surface area contributed by atoms with Crippen molar-refractivity contribution in [2.75, 3.05) is 17.6 Å². The van der Waals surface area contributed by atoms with E-state index in [1.54, 1.807) is 24.5 Å². The van der Waals surface area contributed by atoms with Gasteiger partial charge >= 0.3 is 0 Å². The van der Waals surface area contributed by atoms with Crippen molar-refractivity contribution in [3.8, 4) is 0 Å². The van der Waals surface area contributed by atoms with Crippen molar-refractivity contribution in [3.05, 3.63) is 35.9 Å². The number of nitrogens with zero attached hydrogens (tertiary/aromatic N) is 3. The number of aryl methyl sites for hydroxylation is 1. The first-order chi connectivity index (χ1) is 10.2. The van der Waals surface area contributed by atoms with Gasteiger partial charge < -0.3 is 20.9 Å². The molecular formula is C14H20N6O. The molecule has 0 aliphatic rings. The van der Waals surface area contributed by atoms with E-state index in [0.717, 1.165) is 18.1 Å². The largest absolute Gasteiger partial charge is 0.397 e. The molecule has 4 N–H and O–H groups in total. The molecule has 112 valence electrons. The highest BCUT2D eigenvalue weighted by atomic mass is 16.1. The number of anilines is 2. The number of rotatable bonds is 6. The Morgan fingerprint density at radius 1 is 1.38 bits per heavy atom. The summed E-state index contributed by atoms with van der Waals surface area (Å²) < 4.78 is 1.95. The molecule has 0 saturated heterocycles. The normalized spacial score (nSPS) is 10.4. The molecule has 1 aromatic carbocycles. The second-order valence-electron chi connectivity index (χ2n) is 4.55. The van der Waals surface area contributed by atoms with Crippen molar-refractivity contribution >= 4 is 17.3 Å². The summed E-state index contributed by atoms with van der Waals surface area (Å²) in [6, 6.07) is 5.21. The number of aromatic nitrogens is 3. The van der Waals surface area contributed by atoms with Crippen LogP contribution in [0.3, 0.4) is 0 Å². The molecule has 7 heteroatoms. The smallest absolute Gasteiger partial charge is 0.251 e. The summed E-state index contributed by atoms with van der Waals surface area (Å²) >= 11 is 0. The summed E-state index contributed by atoms with van der Waals surface area (Å²) in [7, 11) is 0. The lowest BCUT2D eigenvalue weighted by Gasteiger charge is -2.11. The topological polar surface area (TPSA) is 97.9 Å². The van der Waals surface area contributed by atoms with E-state index in [0.29, 0.717) is 24.3 Å². The minimum atomic E-state index is -0.124. The van der Waals surface area contributed by atoms with Crippen LogP contribution in [0.15, 0.2) is 24.5 Å². The Morgan fingerprint density at radius 2 is 2.19 bits per heavy atom. The average molecular weight is 288 g/mol. The third-order valence-corrected chi connectivity index (χ3v) is 3.12. The van der Waals surface area contributed by atoms with Crippen LogP contribution in [0.5, 0.6) is 0 Å². The zero-order chi connectivity index (χ0) is 15.2. The average Bonchev–Trinajstić information content (AvgIpc) is 2.93. The highest BCUT2D eigenvalue weighted by molar-refractivity contribution is 5.96. The number of nitrogens with one attached hydrogen (secondary N) is 2. The molecule has 0 atom stereocenters. The van der Waals surface area contributed by atoms with Crippen LogP contribution in [-0.4, -0.2) is 27.2 Å². The predicted octanol–water partition coefficient (Wildman–Crippen LogP) is 1.24. The number of nitrogen functional groups attached to an aromatic ring is 1. The van der Waals surface area contributed by atoms with Gasteiger partial charge in [0.05, 0.1) is 17.9 Å². The predicted molar refractivity (Wildman–Crippen MR) is 81.9 cm³/mol. The zero-order valence-corrected chi connectivity index (χ0v) is 12.3. The summed E-state index contributed by atoms with van der Waals surface area (Å²) in [6.45, 7) is 5.84. The fourth-order valence-electron chi connectivity index (χ4n) is 1.98. The van der Waals surface area contributed by atoms with E-state index in [1.165, 1.54) is 0 Å². The van der Waals surface area contributed by atoms with E-state index >= 15 is 0 Å². The molecule has 7 nitrogen and oxygen atoms in total. The van der Waals surface area contributed by atoms with Crippen LogP contribution in [0.25, 0.3) is 0 Å². The number of carbonyl (C=O) groups excluding carboxylic acids is 1. The summed E-state index contributed by atoms with van der Waals surface area (Å²) in [5.74, 6) is 0.714. The summed E-state index contributed by atoms with van der Waals surface area (Å²) in [6.07, 6.45) is 1.69. The third-order valence-electron chi connectivity index (χ3n) is 3.12. The van der Waals surface area contributed by atoms with Crippen LogP contribution < -0.4 is 16.4 Å². The van der Waals surface area contributed by atoms with Crippen LogP contribution in [-0.2, 0) is 13.1 Å².